The van der Waals surface area contributed by atoms with Gasteiger partial charge in [-0.15, -0.1) is 0 Å². The largest absolute Gasteiger partial charge is 0.495 e. The molecule has 1 amide bonds. The monoisotopic (exact) mass is 441 g/mol. The van der Waals surface area contributed by atoms with Crippen LogP contribution in [0.3, 0.4) is 0 Å². The number of carbonyl (C=O) groups is 2. The first-order valence-corrected chi connectivity index (χ1v) is 8.74. The summed E-state index contributed by atoms with van der Waals surface area (Å²) in [7, 11) is 1.47. The summed E-state index contributed by atoms with van der Waals surface area (Å²) in [5.74, 6) is -0.209. The number of hydrogen-bond donors (Lipinski definition) is 1. The number of rotatable bonds is 7. The molecule has 0 atom stereocenters. The van der Waals surface area contributed by atoms with Crippen LogP contribution in [0.5, 0.6) is 11.5 Å². The minimum atomic E-state index is -0.651. The van der Waals surface area contributed by atoms with Gasteiger partial charge in [0.25, 0.3) is 5.91 Å². The maximum atomic E-state index is 12.0. The van der Waals surface area contributed by atoms with Crippen LogP contribution in [0.4, 0.5) is 5.69 Å². The number of esters is 1. The summed E-state index contributed by atoms with van der Waals surface area (Å²) >= 11 is 9.32. The summed E-state index contributed by atoms with van der Waals surface area (Å²) < 4.78 is 16.2. The molecule has 0 heterocycles. The Hall–Kier alpha value is -2.25. The van der Waals surface area contributed by atoms with E-state index >= 15 is 0 Å². The normalized spacial score (nSPS) is 10.2. The number of halogens is 2. The van der Waals surface area contributed by atoms with E-state index in [9.17, 15) is 9.59 Å². The Morgan fingerprint density at radius 2 is 1.85 bits per heavy atom. The van der Waals surface area contributed by atoms with Gasteiger partial charge in [-0.25, -0.2) is 4.79 Å². The SMILES string of the molecule is COc1cc(Cl)c(C)cc1NC(=O)COC(=O)COc1ccc(Br)cc1. The maximum Gasteiger partial charge on any atom is 0.344 e. The lowest BCUT2D eigenvalue weighted by molar-refractivity contribution is -0.149. The van der Waals surface area contributed by atoms with Gasteiger partial charge in [0.15, 0.2) is 13.2 Å². The van der Waals surface area contributed by atoms with Crippen molar-refractivity contribution in [2.24, 2.45) is 0 Å². The summed E-state index contributed by atoms with van der Waals surface area (Å²) in [6.45, 7) is 1.07. The van der Waals surface area contributed by atoms with Crippen LogP contribution in [0, 0.1) is 6.92 Å². The topological polar surface area (TPSA) is 73.9 Å². The lowest BCUT2D eigenvalue weighted by Crippen LogP contribution is -2.24. The molecule has 0 bridgehead atoms. The van der Waals surface area contributed by atoms with Gasteiger partial charge in [0.05, 0.1) is 12.8 Å². The summed E-state index contributed by atoms with van der Waals surface area (Å²) in [5, 5.41) is 3.14. The maximum absolute atomic E-state index is 12.0. The van der Waals surface area contributed by atoms with Gasteiger partial charge in [-0.2, -0.15) is 0 Å². The highest BCUT2D eigenvalue weighted by atomic mass is 79.9. The second-order valence-electron chi connectivity index (χ2n) is 5.25. The molecule has 0 radical (unpaired) electrons. The van der Waals surface area contributed by atoms with E-state index in [1.165, 1.54) is 7.11 Å². The number of carbonyl (C=O) groups excluding carboxylic acids is 2. The second-order valence-corrected chi connectivity index (χ2v) is 6.58. The quantitative estimate of drug-likeness (QED) is 0.657. The lowest BCUT2D eigenvalue weighted by atomic mass is 10.2. The highest BCUT2D eigenvalue weighted by Gasteiger charge is 2.13. The van der Waals surface area contributed by atoms with Crippen molar-refractivity contribution in [2.75, 3.05) is 25.6 Å². The Morgan fingerprint density at radius 3 is 2.50 bits per heavy atom. The summed E-state index contributed by atoms with van der Waals surface area (Å²) in [6.07, 6.45) is 0. The number of amides is 1. The Morgan fingerprint density at radius 1 is 1.15 bits per heavy atom. The minimum Gasteiger partial charge on any atom is -0.495 e. The van der Waals surface area contributed by atoms with Gasteiger partial charge in [-0.1, -0.05) is 27.5 Å². The second kappa shape index (κ2) is 9.45. The van der Waals surface area contributed by atoms with Crippen molar-refractivity contribution in [3.05, 3.63) is 51.5 Å². The molecule has 8 heteroatoms. The third kappa shape index (κ3) is 5.93. The van der Waals surface area contributed by atoms with E-state index < -0.39 is 18.5 Å². The van der Waals surface area contributed by atoms with Gasteiger partial charge in [-0.3, -0.25) is 4.79 Å². The molecular weight excluding hydrogens is 426 g/mol. The Bertz CT molecular complexity index is 795. The van der Waals surface area contributed by atoms with Gasteiger partial charge in [0.2, 0.25) is 0 Å². The van der Waals surface area contributed by atoms with Crippen molar-refractivity contribution in [1.82, 2.24) is 0 Å². The molecule has 0 aliphatic rings. The van der Waals surface area contributed by atoms with E-state index in [-0.39, 0.29) is 6.61 Å². The Labute approximate surface area is 164 Å². The van der Waals surface area contributed by atoms with E-state index in [0.717, 1.165) is 10.0 Å². The molecule has 0 spiro atoms. The summed E-state index contributed by atoms with van der Waals surface area (Å²) in [6, 6.07) is 10.3. The number of benzene rings is 2. The highest BCUT2D eigenvalue weighted by molar-refractivity contribution is 9.10. The van der Waals surface area contributed by atoms with Crippen LogP contribution >= 0.6 is 27.5 Å². The first kappa shape index (κ1) is 20.1. The molecule has 6 nitrogen and oxygen atoms in total. The smallest absolute Gasteiger partial charge is 0.344 e. The molecule has 2 aromatic rings. The number of nitrogens with one attached hydrogen (secondary N) is 1. The number of aryl methyl sites for hydroxylation is 1. The zero-order chi connectivity index (χ0) is 19.1. The summed E-state index contributed by atoms with van der Waals surface area (Å²) in [4.78, 5) is 23.7. The van der Waals surface area contributed by atoms with E-state index in [4.69, 9.17) is 25.8 Å². The molecule has 0 fully saturated rings. The predicted octanol–water partition coefficient (Wildman–Crippen LogP) is 3.98. The third-order valence-electron chi connectivity index (χ3n) is 3.29. The third-order valence-corrected chi connectivity index (χ3v) is 4.23. The molecule has 1 N–H and O–H groups in total. The number of anilines is 1. The van der Waals surface area contributed by atoms with E-state index in [2.05, 4.69) is 21.2 Å². The zero-order valence-electron chi connectivity index (χ0n) is 14.2. The fourth-order valence-corrected chi connectivity index (χ4v) is 2.39. The lowest BCUT2D eigenvalue weighted by Gasteiger charge is -2.12. The molecule has 0 aliphatic carbocycles. The molecular formula is C18H17BrClNO5. The van der Waals surface area contributed by atoms with Crippen LogP contribution in [0.15, 0.2) is 40.9 Å². The number of hydrogen-bond acceptors (Lipinski definition) is 5. The summed E-state index contributed by atoms with van der Waals surface area (Å²) in [5.41, 5.74) is 1.23. The van der Waals surface area contributed by atoms with Gasteiger partial charge >= 0.3 is 5.97 Å². The van der Waals surface area contributed by atoms with Gasteiger partial charge in [0, 0.05) is 15.6 Å². The van der Waals surface area contributed by atoms with Crippen molar-refractivity contribution < 1.29 is 23.8 Å². The first-order chi connectivity index (χ1) is 12.4. The fourth-order valence-electron chi connectivity index (χ4n) is 1.98. The molecule has 2 aromatic carbocycles. The highest BCUT2D eigenvalue weighted by Crippen LogP contribution is 2.30. The molecule has 0 saturated heterocycles. The van der Waals surface area contributed by atoms with Crippen LogP contribution in [0.1, 0.15) is 5.56 Å². The average molecular weight is 443 g/mol. The Balaban J connectivity index is 1.82. The molecule has 2 rings (SSSR count). The van der Waals surface area contributed by atoms with E-state index in [1.54, 1.807) is 43.3 Å². The van der Waals surface area contributed by atoms with E-state index in [0.29, 0.717) is 22.2 Å². The molecule has 26 heavy (non-hydrogen) atoms. The molecule has 0 aromatic heterocycles. The molecule has 0 saturated carbocycles. The van der Waals surface area contributed by atoms with Gasteiger partial charge in [0.1, 0.15) is 11.5 Å². The van der Waals surface area contributed by atoms with Crippen LogP contribution in [0.2, 0.25) is 5.02 Å². The van der Waals surface area contributed by atoms with Gasteiger partial charge < -0.3 is 19.5 Å². The van der Waals surface area contributed by atoms with Crippen LogP contribution in [0.25, 0.3) is 0 Å². The van der Waals surface area contributed by atoms with Crippen molar-refractivity contribution in [3.63, 3.8) is 0 Å². The average Bonchev–Trinajstić information content (AvgIpc) is 2.62. The number of methoxy groups -OCH3 is 1. The van der Waals surface area contributed by atoms with Crippen molar-refractivity contribution in [2.45, 2.75) is 6.92 Å². The Kier molecular flexibility index (Phi) is 7.29. The minimum absolute atomic E-state index is 0.293. The number of ether oxygens (including phenoxy) is 3. The van der Waals surface area contributed by atoms with Crippen molar-refractivity contribution in [3.8, 4) is 11.5 Å². The van der Waals surface area contributed by atoms with Crippen molar-refractivity contribution in [1.29, 1.82) is 0 Å². The van der Waals surface area contributed by atoms with E-state index in [1.807, 2.05) is 0 Å². The van der Waals surface area contributed by atoms with Crippen molar-refractivity contribution >= 4 is 45.1 Å². The van der Waals surface area contributed by atoms with Crippen LogP contribution in [-0.4, -0.2) is 32.2 Å². The standard InChI is InChI=1S/C18H17BrClNO5/c1-11-7-15(16(24-2)8-14(11)20)21-17(22)9-26-18(23)10-25-13-5-3-12(19)4-6-13/h3-8H,9-10H2,1-2H3,(H,21,22). The molecule has 0 unspecified atom stereocenters. The molecule has 138 valence electrons. The zero-order valence-corrected chi connectivity index (χ0v) is 16.5. The van der Waals surface area contributed by atoms with Crippen LogP contribution in [-0.2, 0) is 14.3 Å². The fraction of sp³-hybridized carbons (Fsp3) is 0.222. The van der Waals surface area contributed by atoms with Gasteiger partial charge in [-0.05, 0) is 42.8 Å². The first-order valence-electron chi connectivity index (χ1n) is 7.57. The molecule has 0 aliphatic heterocycles. The van der Waals surface area contributed by atoms with Crippen LogP contribution < -0.4 is 14.8 Å². The predicted molar refractivity (Wildman–Crippen MR) is 102 cm³/mol.